The van der Waals surface area contributed by atoms with Gasteiger partial charge >= 0.3 is 6.09 Å². The monoisotopic (exact) mass is 332 g/mol. The molecule has 0 spiro atoms. The van der Waals surface area contributed by atoms with E-state index in [1.807, 2.05) is 13.8 Å². The van der Waals surface area contributed by atoms with E-state index in [0.717, 1.165) is 5.01 Å². The normalized spacial score (nSPS) is 14.0. The lowest BCUT2D eigenvalue weighted by atomic mass is 10.0. The zero-order valence-electron chi connectivity index (χ0n) is 14.5. The van der Waals surface area contributed by atoms with Gasteiger partial charge in [0, 0.05) is 0 Å². The van der Waals surface area contributed by atoms with Crippen molar-refractivity contribution in [2.24, 2.45) is 11.7 Å². The highest BCUT2D eigenvalue weighted by Gasteiger charge is 2.34. The van der Waals surface area contributed by atoms with Crippen molar-refractivity contribution in [2.75, 3.05) is 0 Å². The van der Waals surface area contributed by atoms with Gasteiger partial charge in [-0.25, -0.2) is 20.7 Å². The van der Waals surface area contributed by atoms with Crippen molar-refractivity contribution >= 4 is 17.9 Å². The van der Waals surface area contributed by atoms with Crippen LogP contribution < -0.4 is 16.6 Å². The molecular weight excluding hydrogens is 304 g/mol. The summed E-state index contributed by atoms with van der Waals surface area (Å²) in [5.41, 5.74) is 8.54. The maximum atomic E-state index is 12.3. The molecule has 23 heavy (non-hydrogen) atoms. The lowest BCUT2D eigenvalue weighted by Crippen LogP contribution is -2.61. The Hall–Kier alpha value is -1.87. The first-order valence-electron chi connectivity index (χ1n) is 7.41. The van der Waals surface area contributed by atoms with Gasteiger partial charge in [0.15, 0.2) is 0 Å². The van der Waals surface area contributed by atoms with Gasteiger partial charge in [0.1, 0.15) is 11.6 Å². The number of carbonyl (C=O) groups excluding carboxylic acids is 3. The minimum Gasteiger partial charge on any atom is -0.443 e. The second-order valence-corrected chi connectivity index (χ2v) is 6.73. The third kappa shape index (κ3) is 7.80. The predicted molar refractivity (Wildman–Crippen MR) is 83.0 cm³/mol. The van der Waals surface area contributed by atoms with Crippen LogP contribution in [0.25, 0.3) is 0 Å². The maximum absolute atomic E-state index is 12.3. The van der Waals surface area contributed by atoms with Gasteiger partial charge in [0.05, 0.1) is 6.04 Å². The molecular formula is C14H28N4O5. The quantitative estimate of drug-likeness (QED) is 0.428. The minimum absolute atomic E-state index is 0.0149. The van der Waals surface area contributed by atoms with Crippen molar-refractivity contribution in [3.63, 3.8) is 0 Å². The summed E-state index contributed by atoms with van der Waals surface area (Å²) in [6.45, 7) is 10.1. The number of amides is 3. The SMILES string of the molecule is CC(C)C[C@@H](C(=O)NO)N(NC(=O)OC(C)(C)C)C(=O)[C@H](C)N. The molecule has 0 aliphatic heterocycles. The van der Waals surface area contributed by atoms with Crippen molar-refractivity contribution in [1.29, 1.82) is 0 Å². The fourth-order valence-electron chi connectivity index (χ4n) is 1.76. The lowest BCUT2D eigenvalue weighted by Gasteiger charge is -2.33. The van der Waals surface area contributed by atoms with Gasteiger partial charge in [-0.2, -0.15) is 0 Å². The van der Waals surface area contributed by atoms with Gasteiger partial charge in [-0.1, -0.05) is 13.8 Å². The molecule has 0 fully saturated rings. The van der Waals surface area contributed by atoms with Crippen molar-refractivity contribution in [3.05, 3.63) is 0 Å². The van der Waals surface area contributed by atoms with Crippen LogP contribution in [0.3, 0.4) is 0 Å². The Balaban J connectivity index is 5.43. The van der Waals surface area contributed by atoms with E-state index in [1.54, 1.807) is 20.8 Å². The molecule has 0 aliphatic carbocycles. The second-order valence-electron chi connectivity index (χ2n) is 6.73. The van der Waals surface area contributed by atoms with E-state index in [0.29, 0.717) is 0 Å². The van der Waals surface area contributed by atoms with Crippen LogP contribution in [0.2, 0.25) is 0 Å². The molecule has 9 nitrogen and oxygen atoms in total. The summed E-state index contributed by atoms with van der Waals surface area (Å²) in [5.74, 6) is -1.49. The molecule has 0 aromatic heterocycles. The fraction of sp³-hybridized carbons (Fsp3) is 0.786. The summed E-state index contributed by atoms with van der Waals surface area (Å²) in [6, 6.07) is -2.07. The van der Waals surface area contributed by atoms with Gasteiger partial charge in [-0.15, -0.1) is 0 Å². The summed E-state index contributed by atoms with van der Waals surface area (Å²) in [7, 11) is 0. The number of hydrazine groups is 1. The van der Waals surface area contributed by atoms with Crippen LogP contribution in [-0.4, -0.2) is 45.8 Å². The number of nitrogens with two attached hydrogens (primary N) is 1. The van der Waals surface area contributed by atoms with Gasteiger partial charge in [-0.05, 0) is 40.0 Å². The first-order chi connectivity index (χ1) is 10.4. The number of nitrogens with one attached hydrogen (secondary N) is 2. The number of rotatable bonds is 5. The Morgan fingerprint density at radius 2 is 1.74 bits per heavy atom. The van der Waals surface area contributed by atoms with E-state index in [1.165, 1.54) is 12.4 Å². The minimum atomic E-state index is -1.12. The van der Waals surface area contributed by atoms with E-state index in [-0.39, 0.29) is 12.3 Å². The van der Waals surface area contributed by atoms with Crippen LogP contribution in [0.5, 0.6) is 0 Å². The Kier molecular flexibility index (Phi) is 7.98. The standard InChI is InChI=1S/C14H28N4O5/c1-8(2)7-10(11(19)17-22)18(12(20)9(3)15)16-13(21)23-14(4,5)6/h8-10,22H,7,15H2,1-6H3,(H,16,21)(H,17,19)/t9-,10-/m0/s1. The highest BCUT2D eigenvalue weighted by Crippen LogP contribution is 2.13. The molecule has 9 heteroatoms. The molecule has 2 atom stereocenters. The highest BCUT2D eigenvalue weighted by molar-refractivity contribution is 5.90. The lowest BCUT2D eigenvalue weighted by molar-refractivity contribution is -0.149. The van der Waals surface area contributed by atoms with Crippen molar-refractivity contribution < 1.29 is 24.3 Å². The van der Waals surface area contributed by atoms with Crippen LogP contribution in [0.1, 0.15) is 48.0 Å². The summed E-state index contributed by atoms with van der Waals surface area (Å²) < 4.78 is 5.09. The number of carbonyl (C=O) groups is 3. The Morgan fingerprint density at radius 3 is 2.09 bits per heavy atom. The van der Waals surface area contributed by atoms with E-state index in [4.69, 9.17) is 15.7 Å². The average molecular weight is 332 g/mol. The topological polar surface area (TPSA) is 134 Å². The maximum Gasteiger partial charge on any atom is 0.426 e. The van der Waals surface area contributed by atoms with Crippen LogP contribution in [0.4, 0.5) is 4.79 Å². The van der Waals surface area contributed by atoms with E-state index >= 15 is 0 Å². The highest BCUT2D eigenvalue weighted by atomic mass is 16.6. The first-order valence-corrected chi connectivity index (χ1v) is 7.41. The van der Waals surface area contributed by atoms with Crippen molar-refractivity contribution in [3.8, 4) is 0 Å². The van der Waals surface area contributed by atoms with E-state index in [2.05, 4.69) is 5.43 Å². The molecule has 0 aliphatic rings. The summed E-state index contributed by atoms with van der Waals surface area (Å²) in [6.07, 6.45) is -0.688. The van der Waals surface area contributed by atoms with Crippen LogP contribution in [-0.2, 0) is 14.3 Å². The van der Waals surface area contributed by atoms with Crippen LogP contribution >= 0.6 is 0 Å². The Labute approximate surface area is 136 Å². The molecule has 0 aromatic rings. The summed E-state index contributed by atoms with van der Waals surface area (Å²) in [5, 5.41) is 9.71. The number of ether oxygens (including phenoxy) is 1. The van der Waals surface area contributed by atoms with Gasteiger partial charge in [0.2, 0.25) is 0 Å². The summed E-state index contributed by atoms with van der Waals surface area (Å²) >= 11 is 0. The average Bonchev–Trinajstić information content (AvgIpc) is 2.38. The zero-order chi connectivity index (χ0) is 18.4. The number of hydroxylamine groups is 1. The third-order valence-corrected chi connectivity index (χ3v) is 2.66. The van der Waals surface area contributed by atoms with Crippen molar-refractivity contribution in [2.45, 2.75) is 65.6 Å². The molecule has 0 saturated carbocycles. The predicted octanol–water partition coefficient (Wildman–Crippen LogP) is 0.522. The Bertz CT molecular complexity index is 431. The molecule has 134 valence electrons. The summed E-state index contributed by atoms with van der Waals surface area (Å²) in [4.78, 5) is 36.1. The van der Waals surface area contributed by atoms with Crippen molar-refractivity contribution in [1.82, 2.24) is 15.9 Å². The molecule has 0 radical (unpaired) electrons. The van der Waals surface area contributed by atoms with Crippen LogP contribution in [0, 0.1) is 5.92 Å². The van der Waals surface area contributed by atoms with E-state index < -0.39 is 35.6 Å². The molecule has 0 heterocycles. The zero-order valence-corrected chi connectivity index (χ0v) is 14.5. The van der Waals surface area contributed by atoms with Gasteiger partial charge in [0.25, 0.3) is 11.8 Å². The largest absolute Gasteiger partial charge is 0.443 e. The molecule has 0 saturated heterocycles. The molecule has 0 rings (SSSR count). The first kappa shape index (κ1) is 21.1. The van der Waals surface area contributed by atoms with Gasteiger partial charge in [-0.3, -0.25) is 14.8 Å². The number of nitrogens with zero attached hydrogens (tertiary/aromatic N) is 1. The molecule has 3 amide bonds. The molecule has 0 aromatic carbocycles. The van der Waals surface area contributed by atoms with Crippen LogP contribution in [0.15, 0.2) is 0 Å². The second kappa shape index (κ2) is 8.68. The third-order valence-electron chi connectivity index (χ3n) is 2.66. The molecule has 0 bridgehead atoms. The fourth-order valence-corrected chi connectivity index (χ4v) is 1.76. The Morgan fingerprint density at radius 1 is 1.22 bits per heavy atom. The van der Waals surface area contributed by atoms with Gasteiger partial charge < -0.3 is 10.5 Å². The smallest absolute Gasteiger partial charge is 0.426 e. The number of hydrogen-bond acceptors (Lipinski definition) is 6. The molecule has 5 N–H and O–H groups in total. The number of hydrogen-bond donors (Lipinski definition) is 4. The van der Waals surface area contributed by atoms with E-state index in [9.17, 15) is 14.4 Å². The molecule has 0 unspecified atom stereocenters.